The molecule has 0 radical (unpaired) electrons. The molecule has 2 amide bonds. The van der Waals surface area contributed by atoms with Crippen molar-refractivity contribution in [2.75, 3.05) is 19.7 Å². The standard InChI is InChI=1S/C29H37N3O10/c33-15-23-24(35)25(36)29(41,42-23)16-30-20(13-18-8-10-19(34)11-9-18)27(38)32-12-4-7-22(32)26(37)31-21(28(39)40)14-17-5-2-1-3-6-17/h1-3,5-6,8-11,20-25,30,33-36,41H,4,7,12-16H2,(H,31,37)(H,39,40)/p+1/t20-,21-,22-,23+,24+,25-,29+/m0/s1. The van der Waals surface area contributed by atoms with Crippen LogP contribution >= 0.6 is 0 Å². The molecule has 4 rings (SSSR count). The van der Waals surface area contributed by atoms with E-state index < -0.39 is 66.6 Å². The number of amides is 2. The molecule has 13 nitrogen and oxygen atoms in total. The number of hydrogen-bond acceptors (Lipinski definition) is 9. The van der Waals surface area contributed by atoms with E-state index in [0.717, 1.165) is 5.56 Å². The number of carboxylic acid groups (broad SMARTS) is 1. The first-order chi connectivity index (χ1) is 20.0. The average molecular weight is 589 g/mol. The van der Waals surface area contributed by atoms with Crippen molar-refractivity contribution >= 4 is 17.8 Å². The van der Waals surface area contributed by atoms with Crippen LogP contribution in [0.5, 0.6) is 5.75 Å². The molecule has 0 aliphatic carbocycles. The van der Waals surface area contributed by atoms with Crippen molar-refractivity contribution in [1.82, 2.24) is 10.2 Å². The van der Waals surface area contributed by atoms with E-state index in [9.17, 15) is 45.0 Å². The van der Waals surface area contributed by atoms with E-state index in [-0.39, 0.29) is 31.7 Å². The maximum absolute atomic E-state index is 13.9. The van der Waals surface area contributed by atoms with Crippen LogP contribution in [0.3, 0.4) is 0 Å². The molecule has 42 heavy (non-hydrogen) atoms. The van der Waals surface area contributed by atoms with E-state index in [2.05, 4.69) is 5.32 Å². The van der Waals surface area contributed by atoms with Crippen molar-refractivity contribution in [3.05, 3.63) is 65.7 Å². The molecule has 2 saturated heterocycles. The second-order valence-corrected chi connectivity index (χ2v) is 10.8. The highest BCUT2D eigenvalue weighted by Crippen LogP contribution is 2.28. The predicted molar refractivity (Wildman–Crippen MR) is 146 cm³/mol. The SMILES string of the molecule is O=C(O)[C@H](Cc1ccccc1)NC(=O)[C@@H]1CCCN1C(=O)[C@H](Cc1ccc(O)cc1)[NH2+]C[C@@]1(O)O[C@H](CO)[C@@H](O)[C@@H]1O. The number of nitrogens with one attached hydrogen (secondary N) is 1. The Kier molecular flexibility index (Phi) is 10.1. The normalized spacial score (nSPS) is 27.0. The highest BCUT2D eigenvalue weighted by molar-refractivity contribution is 5.92. The maximum atomic E-state index is 13.9. The Morgan fingerprint density at radius 2 is 1.71 bits per heavy atom. The number of aromatic hydroxyl groups is 1. The molecule has 0 unspecified atom stereocenters. The van der Waals surface area contributed by atoms with Gasteiger partial charge in [0.05, 0.1) is 6.61 Å². The first-order valence-electron chi connectivity index (χ1n) is 13.9. The number of benzene rings is 2. The van der Waals surface area contributed by atoms with Crippen molar-refractivity contribution in [3.63, 3.8) is 0 Å². The molecule has 13 heteroatoms. The number of quaternary nitrogens is 1. The quantitative estimate of drug-likeness (QED) is 0.130. The number of phenolic OH excluding ortho intramolecular Hbond substituents is 1. The number of aliphatic hydroxyl groups is 4. The third-order valence-electron chi connectivity index (χ3n) is 7.84. The fraction of sp³-hybridized carbons (Fsp3) is 0.483. The van der Waals surface area contributed by atoms with Crippen LogP contribution in [0, 0.1) is 0 Å². The summed E-state index contributed by atoms with van der Waals surface area (Å²) >= 11 is 0. The Labute approximate surface area is 242 Å². The van der Waals surface area contributed by atoms with Crippen LogP contribution in [0.1, 0.15) is 24.0 Å². The Hall–Kier alpha value is -3.59. The number of rotatable bonds is 12. The van der Waals surface area contributed by atoms with Crippen molar-refractivity contribution in [1.29, 1.82) is 0 Å². The minimum absolute atomic E-state index is 0.0335. The molecular formula is C29H38N3O10+. The fourth-order valence-corrected chi connectivity index (χ4v) is 5.49. The lowest BCUT2D eigenvalue weighted by Crippen LogP contribution is -2.96. The Morgan fingerprint density at radius 1 is 1.05 bits per heavy atom. The van der Waals surface area contributed by atoms with Gasteiger partial charge in [0.1, 0.15) is 42.7 Å². The molecule has 2 aliphatic heterocycles. The molecule has 2 aliphatic rings. The number of ether oxygens (including phenoxy) is 1. The second-order valence-electron chi connectivity index (χ2n) is 10.8. The number of carbonyl (C=O) groups is 3. The van der Waals surface area contributed by atoms with E-state index in [1.165, 1.54) is 22.3 Å². The molecule has 2 aromatic carbocycles. The first kappa shape index (κ1) is 31.3. The number of phenols is 1. The number of hydrogen-bond donors (Lipinski definition) is 8. The third kappa shape index (κ3) is 7.24. The van der Waals surface area contributed by atoms with E-state index in [1.54, 1.807) is 42.5 Å². The monoisotopic (exact) mass is 588 g/mol. The van der Waals surface area contributed by atoms with Gasteiger partial charge in [-0.15, -0.1) is 0 Å². The molecule has 9 N–H and O–H groups in total. The van der Waals surface area contributed by atoms with E-state index in [4.69, 9.17) is 4.74 Å². The number of aliphatic carboxylic acids is 1. The van der Waals surface area contributed by atoms with Gasteiger partial charge in [-0.2, -0.15) is 0 Å². The smallest absolute Gasteiger partial charge is 0.326 e. The third-order valence-corrected chi connectivity index (χ3v) is 7.84. The Bertz CT molecular complexity index is 1230. The van der Waals surface area contributed by atoms with Crippen molar-refractivity contribution in [3.8, 4) is 5.75 Å². The molecule has 0 spiro atoms. The van der Waals surface area contributed by atoms with Gasteiger partial charge in [-0.3, -0.25) is 9.59 Å². The van der Waals surface area contributed by atoms with E-state index in [0.29, 0.717) is 18.4 Å². The van der Waals surface area contributed by atoms with Crippen LogP contribution in [0.15, 0.2) is 54.6 Å². The van der Waals surface area contributed by atoms with Gasteiger partial charge in [0, 0.05) is 19.4 Å². The highest BCUT2D eigenvalue weighted by Gasteiger charge is 2.55. The summed E-state index contributed by atoms with van der Waals surface area (Å²) in [5.41, 5.74) is 1.40. The minimum atomic E-state index is -2.26. The van der Waals surface area contributed by atoms with Crippen molar-refractivity contribution < 1.29 is 55.1 Å². The number of nitrogens with zero attached hydrogens (tertiary/aromatic N) is 1. The molecule has 0 saturated carbocycles. The minimum Gasteiger partial charge on any atom is -0.508 e. The Morgan fingerprint density at radius 3 is 2.33 bits per heavy atom. The van der Waals surface area contributed by atoms with Gasteiger partial charge in [-0.1, -0.05) is 42.5 Å². The van der Waals surface area contributed by atoms with Gasteiger partial charge in [0.2, 0.25) is 11.7 Å². The number of carbonyl (C=O) groups excluding carboxylic acids is 2. The first-order valence-corrected chi connectivity index (χ1v) is 13.9. The summed E-state index contributed by atoms with van der Waals surface area (Å²) in [4.78, 5) is 40.5. The number of carboxylic acids is 1. The molecule has 0 aromatic heterocycles. The lowest BCUT2D eigenvalue weighted by atomic mass is 10.0. The maximum Gasteiger partial charge on any atom is 0.326 e. The topological polar surface area (TPSA) is 214 Å². The van der Waals surface area contributed by atoms with Crippen LogP contribution in [-0.4, -0.2) is 115 Å². The van der Waals surface area contributed by atoms with E-state index >= 15 is 0 Å². The van der Waals surface area contributed by atoms with Gasteiger partial charge in [-0.05, 0) is 36.1 Å². The predicted octanol–water partition coefficient (Wildman–Crippen LogP) is -2.53. The van der Waals surface area contributed by atoms with E-state index in [1.807, 2.05) is 0 Å². The number of likely N-dealkylation sites (tertiary alicyclic amines) is 1. The zero-order valence-corrected chi connectivity index (χ0v) is 23.0. The second kappa shape index (κ2) is 13.6. The van der Waals surface area contributed by atoms with Crippen molar-refractivity contribution in [2.24, 2.45) is 0 Å². The summed E-state index contributed by atoms with van der Waals surface area (Å²) in [6, 6.07) is 12.0. The molecular weight excluding hydrogens is 550 g/mol. The molecule has 228 valence electrons. The molecule has 0 bridgehead atoms. The number of nitrogens with two attached hydrogens (primary N) is 1. The lowest BCUT2D eigenvalue weighted by Gasteiger charge is -2.30. The zero-order valence-electron chi connectivity index (χ0n) is 23.0. The summed E-state index contributed by atoms with van der Waals surface area (Å²) in [7, 11) is 0. The summed E-state index contributed by atoms with van der Waals surface area (Å²) in [6.07, 6.45) is -3.45. The molecule has 2 heterocycles. The largest absolute Gasteiger partial charge is 0.508 e. The van der Waals surface area contributed by atoms with Crippen molar-refractivity contribution in [2.45, 2.75) is 67.9 Å². The van der Waals surface area contributed by atoms with Gasteiger partial charge in [-0.25, -0.2) is 4.79 Å². The summed E-state index contributed by atoms with van der Waals surface area (Å²) < 4.78 is 5.32. The average Bonchev–Trinajstić information content (AvgIpc) is 3.56. The number of aliphatic hydroxyl groups excluding tert-OH is 3. The fourth-order valence-electron chi connectivity index (χ4n) is 5.49. The van der Waals surface area contributed by atoms with Gasteiger partial charge < -0.3 is 50.9 Å². The summed E-state index contributed by atoms with van der Waals surface area (Å²) in [5.74, 6) is -4.46. The Balaban J connectivity index is 1.50. The molecule has 2 aromatic rings. The summed E-state index contributed by atoms with van der Waals surface area (Å²) in [6.45, 7) is -0.760. The van der Waals surface area contributed by atoms with Crippen LogP contribution < -0.4 is 10.6 Å². The highest BCUT2D eigenvalue weighted by atomic mass is 16.7. The van der Waals surface area contributed by atoms with Gasteiger partial charge in [0.25, 0.3) is 5.91 Å². The van der Waals surface area contributed by atoms with Crippen LogP contribution in [0.4, 0.5) is 0 Å². The molecule has 7 atom stereocenters. The van der Waals surface area contributed by atoms with Gasteiger partial charge in [0.15, 0.2) is 6.04 Å². The lowest BCUT2D eigenvalue weighted by molar-refractivity contribution is -0.698. The summed E-state index contributed by atoms with van der Waals surface area (Å²) in [5, 5.41) is 64.2. The zero-order chi connectivity index (χ0) is 30.4. The molecule has 2 fully saturated rings. The van der Waals surface area contributed by atoms with Gasteiger partial charge >= 0.3 is 5.97 Å². The van der Waals surface area contributed by atoms with Crippen LogP contribution in [0.2, 0.25) is 0 Å². The van der Waals surface area contributed by atoms with Crippen LogP contribution in [0.25, 0.3) is 0 Å². The van der Waals surface area contributed by atoms with Crippen LogP contribution in [-0.2, 0) is 32.0 Å².